The van der Waals surface area contributed by atoms with Gasteiger partial charge in [-0.05, 0) is 17.7 Å². The molecule has 0 radical (unpaired) electrons. The molecule has 6 nitrogen and oxygen atoms in total. The van der Waals surface area contributed by atoms with Gasteiger partial charge in [0, 0.05) is 20.6 Å². The van der Waals surface area contributed by atoms with Crippen LogP contribution in [-0.2, 0) is 11.3 Å². The summed E-state index contributed by atoms with van der Waals surface area (Å²) in [6.45, 7) is -1.13. The Morgan fingerprint density at radius 1 is 1.24 bits per heavy atom. The summed E-state index contributed by atoms with van der Waals surface area (Å²) in [4.78, 5) is 16.2. The molecule has 0 aliphatic heterocycles. The Bertz CT molecular complexity index is 565. The van der Waals surface area contributed by atoms with E-state index in [1.165, 1.54) is 7.05 Å². The molecule has 0 aliphatic carbocycles. The number of guanidine groups is 1. The van der Waals surface area contributed by atoms with E-state index in [0.29, 0.717) is 17.4 Å². The van der Waals surface area contributed by atoms with Crippen molar-refractivity contribution in [2.45, 2.75) is 12.7 Å². The van der Waals surface area contributed by atoms with Gasteiger partial charge in [0.2, 0.25) is 5.91 Å². The summed E-state index contributed by atoms with van der Waals surface area (Å²) in [5, 5.41) is 5.66. The van der Waals surface area contributed by atoms with Crippen LogP contribution < -0.4 is 15.4 Å². The van der Waals surface area contributed by atoms with E-state index in [1.54, 1.807) is 7.11 Å². The van der Waals surface area contributed by atoms with Crippen molar-refractivity contribution in [2.24, 2.45) is 4.99 Å². The van der Waals surface area contributed by atoms with E-state index in [-0.39, 0.29) is 30.5 Å². The number of methoxy groups -OCH3 is 1. The first-order valence-electron chi connectivity index (χ1n) is 7.13. The Hall–Kier alpha value is -1.72. The third kappa shape index (κ3) is 9.37. The molecule has 1 aromatic rings. The van der Waals surface area contributed by atoms with E-state index in [1.807, 2.05) is 24.3 Å². The normalized spacial score (nSPS) is 11.4. The molecule has 0 aromatic heterocycles. The number of hydrogen-bond acceptors (Lipinski definition) is 3. The smallest absolute Gasteiger partial charge is 0.406 e. The van der Waals surface area contributed by atoms with E-state index in [0.717, 1.165) is 18.4 Å². The number of nitrogens with zero attached hydrogens (tertiary/aromatic N) is 2. The highest BCUT2D eigenvalue weighted by atomic mass is 127. The number of likely N-dealkylation sites (N-methyl/N-ethyl adjacent to an activating group) is 1. The molecule has 0 unspecified atom stereocenters. The lowest BCUT2D eigenvalue weighted by Crippen LogP contribution is -2.45. The molecule has 0 bridgehead atoms. The highest BCUT2D eigenvalue weighted by molar-refractivity contribution is 14.0. The average molecular weight is 474 g/mol. The number of alkyl halides is 3. The Morgan fingerprint density at radius 3 is 2.32 bits per heavy atom. The number of nitrogens with one attached hydrogen (secondary N) is 2. The van der Waals surface area contributed by atoms with Gasteiger partial charge in [-0.3, -0.25) is 9.79 Å². The van der Waals surface area contributed by atoms with E-state index in [9.17, 15) is 18.0 Å². The fourth-order valence-electron chi connectivity index (χ4n) is 1.80. The van der Waals surface area contributed by atoms with Crippen LogP contribution in [0.2, 0.25) is 0 Å². The molecule has 0 saturated carbocycles. The van der Waals surface area contributed by atoms with Crippen molar-refractivity contribution >= 4 is 35.8 Å². The number of ether oxygens (including phenoxy) is 1. The van der Waals surface area contributed by atoms with Gasteiger partial charge in [-0.1, -0.05) is 12.1 Å². The zero-order valence-electron chi connectivity index (χ0n) is 14.2. The topological polar surface area (TPSA) is 66.0 Å². The van der Waals surface area contributed by atoms with Gasteiger partial charge in [-0.25, -0.2) is 0 Å². The van der Waals surface area contributed by atoms with Crippen molar-refractivity contribution in [1.82, 2.24) is 15.5 Å². The molecule has 0 heterocycles. The van der Waals surface area contributed by atoms with Crippen LogP contribution in [0, 0.1) is 0 Å². The quantitative estimate of drug-likeness (QED) is 0.376. The lowest BCUT2D eigenvalue weighted by Gasteiger charge is -2.20. The molecule has 0 fully saturated rings. The minimum Gasteiger partial charge on any atom is -0.497 e. The van der Waals surface area contributed by atoms with Crippen LogP contribution in [0.15, 0.2) is 29.3 Å². The fourth-order valence-corrected chi connectivity index (χ4v) is 1.80. The second-order valence-electron chi connectivity index (χ2n) is 4.99. The Balaban J connectivity index is 0.00000576. The van der Waals surface area contributed by atoms with Gasteiger partial charge in [0.25, 0.3) is 0 Å². The highest BCUT2D eigenvalue weighted by Crippen LogP contribution is 2.15. The van der Waals surface area contributed by atoms with Crippen LogP contribution >= 0.6 is 24.0 Å². The molecule has 142 valence electrons. The SMILES string of the molecule is CN=C(NCC(=O)N(C)CC(F)(F)F)NCc1ccc(OC)cc1.I. The molecular formula is C15H22F3IN4O2. The molecule has 10 heteroatoms. The van der Waals surface area contributed by atoms with Crippen molar-refractivity contribution in [1.29, 1.82) is 0 Å². The number of carbonyl (C=O) groups excluding carboxylic acids is 1. The summed E-state index contributed by atoms with van der Waals surface area (Å²) in [7, 11) is 4.18. The molecule has 0 saturated heterocycles. The van der Waals surface area contributed by atoms with Crippen LogP contribution in [0.5, 0.6) is 5.75 Å². The first-order chi connectivity index (χ1) is 11.2. The van der Waals surface area contributed by atoms with E-state index in [2.05, 4.69) is 15.6 Å². The first kappa shape index (κ1) is 23.3. The minimum absolute atomic E-state index is 0. The van der Waals surface area contributed by atoms with E-state index in [4.69, 9.17) is 4.74 Å². The lowest BCUT2D eigenvalue weighted by atomic mass is 10.2. The van der Waals surface area contributed by atoms with Crippen molar-refractivity contribution in [3.05, 3.63) is 29.8 Å². The molecule has 0 spiro atoms. The number of hydrogen-bond donors (Lipinski definition) is 2. The van der Waals surface area contributed by atoms with E-state index < -0.39 is 18.6 Å². The zero-order chi connectivity index (χ0) is 18.2. The summed E-state index contributed by atoms with van der Waals surface area (Å²) in [5.41, 5.74) is 0.958. The van der Waals surface area contributed by atoms with Gasteiger partial charge >= 0.3 is 6.18 Å². The number of benzene rings is 1. The second-order valence-corrected chi connectivity index (χ2v) is 4.99. The van der Waals surface area contributed by atoms with Gasteiger partial charge in [-0.2, -0.15) is 13.2 Å². The summed E-state index contributed by atoms with van der Waals surface area (Å²) >= 11 is 0. The molecule has 2 N–H and O–H groups in total. The van der Waals surface area contributed by atoms with Crippen LogP contribution in [-0.4, -0.2) is 57.2 Å². The van der Waals surface area contributed by atoms with Crippen molar-refractivity contribution in [2.75, 3.05) is 34.3 Å². The lowest BCUT2D eigenvalue weighted by molar-refractivity contribution is -0.157. The molecule has 0 aliphatic rings. The monoisotopic (exact) mass is 474 g/mol. The summed E-state index contributed by atoms with van der Waals surface area (Å²) < 4.78 is 41.8. The van der Waals surface area contributed by atoms with Crippen LogP contribution in [0.1, 0.15) is 5.56 Å². The predicted molar refractivity (Wildman–Crippen MR) is 100 cm³/mol. The van der Waals surface area contributed by atoms with Gasteiger partial charge in [0.05, 0.1) is 13.7 Å². The Kier molecular flexibility index (Phi) is 10.2. The minimum atomic E-state index is -4.42. The molecule has 1 rings (SSSR count). The number of amides is 1. The maximum Gasteiger partial charge on any atom is 0.406 e. The number of halogens is 4. The van der Waals surface area contributed by atoms with Gasteiger partial charge in [-0.15, -0.1) is 24.0 Å². The summed E-state index contributed by atoms with van der Waals surface area (Å²) in [6, 6.07) is 7.34. The molecule has 0 atom stereocenters. The Morgan fingerprint density at radius 2 is 1.84 bits per heavy atom. The zero-order valence-corrected chi connectivity index (χ0v) is 16.5. The standard InChI is InChI=1S/C15H21F3N4O2.HI/c1-19-14(20-8-11-4-6-12(24-3)7-5-11)21-9-13(23)22(2)10-15(16,17)18;/h4-7H,8-10H2,1-3H3,(H2,19,20,21);1H. The van der Waals surface area contributed by atoms with Crippen LogP contribution in [0.4, 0.5) is 13.2 Å². The Labute approximate surface area is 161 Å². The predicted octanol–water partition coefficient (Wildman–Crippen LogP) is 2.00. The van der Waals surface area contributed by atoms with Crippen LogP contribution in [0.3, 0.4) is 0 Å². The van der Waals surface area contributed by atoms with Crippen LogP contribution in [0.25, 0.3) is 0 Å². The maximum atomic E-state index is 12.2. The van der Waals surface area contributed by atoms with Gasteiger partial charge in [0.15, 0.2) is 5.96 Å². The third-order valence-corrected chi connectivity index (χ3v) is 3.09. The van der Waals surface area contributed by atoms with E-state index >= 15 is 0 Å². The van der Waals surface area contributed by atoms with Gasteiger partial charge < -0.3 is 20.3 Å². The fraction of sp³-hybridized carbons (Fsp3) is 0.467. The molecule has 1 amide bonds. The largest absolute Gasteiger partial charge is 0.497 e. The molecular weight excluding hydrogens is 452 g/mol. The van der Waals surface area contributed by atoms with Crippen molar-refractivity contribution < 1.29 is 22.7 Å². The number of aliphatic imine (C=N–C) groups is 1. The van der Waals surface area contributed by atoms with Crippen molar-refractivity contribution in [3.63, 3.8) is 0 Å². The summed E-state index contributed by atoms with van der Waals surface area (Å²) in [5.74, 6) is 0.374. The van der Waals surface area contributed by atoms with Gasteiger partial charge in [0.1, 0.15) is 12.3 Å². The average Bonchev–Trinajstić information content (AvgIpc) is 2.53. The molecule has 1 aromatic carbocycles. The summed E-state index contributed by atoms with van der Waals surface area (Å²) in [6.07, 6.45) is -4.42. The maximum absolute atomic E-state index is 12.2. The molecule has 25 heavy (non-hydrogen) atoms. The first-order valence-corrected chi connectivity index (χ1v) is 7.13. The second kappa shape index (κ2) is 11.0. The third-order valence-electron chi connectivity index (χ3n) is 3.09. The van der Waals surface area contributed by atoms with Crippen molar-refractivity contribution in [3.8, 4) is 5.75 Å². The number of rotatable bonds is 6. The number of carbonyl (C=O) groups is 1. The highest BCUT2D eigenvalue weighted by Gasteiger charge is 2.31.